The van der Waals surface area contributed by atoms with Gasteiger partial charge in [0.25, 0.3) is 0 Å². The normalized spacial score (nSPS) is 11.8. The Morgan fingerprint density at radius 3 is 2.79 bits per heavy atom. The van der Waals surface area contributed by atoms with Crippen molar-refractivity contribution in [2.24, 2.45) is 0 Å². The van der Waals surface area contributed by atoms with Crippen molar-refractivity contribution in [3.63, 3.8) is 0 Å². The van der Waals surface area contributed by atoms with E-state index in [0.717, 1.165) is 34.4 Å². The predicted molar refractivity (Wildman–Crippen MR) is 81.9 cm³/mol. The molecule has 0 amide bonds. The molecule has 1 aromatic carbocycles. The molecule has 4 nitrogen and oxygen atoms in total. The largest absolute Gasteiger partial charge is 0.326 e. The van der Waals surface area contributed by atoms with E-state index in [1.54, 1.807) is 0 Å². The number of nitrogens with zero attached hydrogens (tertiary/aromatic N) is 2. The number of likely N-dealkylation sites (N-methyl/N-ethyl adjacent to an activating group) is 1. The summed E-state index contributed by atoms with van der Waals surface area (Å²) in [5, 5.41) is 3.16. The molecule has 2 aromatic heterocycles. The minimum atomic E-state index is 0.901. The van der Waals surface area contributed by atoms with Crippen molar-refractivity contribution in [3.8, 4) is 0 Å². The van der Waals surface area contributed by atoms with Gasteiger partial charge < -0.3 is 10.3 Å². The lowest BCUT2D eigenvalue weighted by molar-refractivity contribution is 0.777. The number of hydrogen-bond donors (Lipinski definition) is 2. The molecular weight excluding hydrogens is 304 g/mol. The number of aryl methyl sites for hydroxylation is 2. The Morgan fingerprint density at radius 2 is 2.05 bits per heavy atom. The van der Waals surface area contributed by atoms with E-state index in [0.29, 0.717) is 0 Å². The Labute approximate surface area is 120 Å². The standard InChI is InChI=1S/C14H17BrN4/c1-8-6-11-12(7-9(8)2)19-13(15)10(4-5-16-3)17-14(19)18-11/h6-7,16H,4-5H2,1-3H3,(H,17,18). The van der Waals surface area contributed by atoms with Crippen LogP contribution >= 0.6 is 15.9 Å². The van der Waals surface area contributed by atoms with E-state index in [1.807, 2.05) is 7.05 Å². The summed E-state index contributed by atoms with van der Waals surface area (Å²) in [6.45, 7) is 5.20. The van der Waals surface area contributed by atoms with Crippen molar-refractivity contribution in [2.75, 3.05) is 13.6 Å². The van der Waals surface area contributed by atoms with Crippen LogP contribution in [0.15, 0.2) is 16.7 Å². The first kappa shape index (κ1) is 12.7. The summed E-state index contributed by atoms with van der Waals surface area (Å²) in [5.74, 6) is 0.901. The number of aromatic nitrogens is 3. The van der Waals surface area contributed by atoms with E-state index in [1.165, 1.54) is 16.8 Å². The van der Waals surface area contributed by atoms with Crippen LogP contribution in [0.4, 0.5) is 0 Å². The maximum absolute atomic E-state index is 4.66. The van der Waals surface area contributed by atoms with Crippen LogP contribution in [0.25, 0.3) is 16.8 Å². The average molecular weight is 321 g/mol. The highest BCUT2D eigenvalue weighted by Gasteiger charge is 2.14. The molecule has 2 heterocycles. The SMILES string of the molecule is CNCCc1[nH]c2nc3cc(C)c(C)cc3n2c1Br. The number of hydrogen-bond acceptors (Lipinski definition) is 2. The van der Waals surface area contributed by atoms with E-state index < -0.39 is 0 Å². The van der Waals surface area contributed by atoms with Gasteiger partial charge in [0.05, 0.1) is 16.7 Å². The van der Waals surface area contributed by atoms with Crippen LogP contribution in [0.1, 0.15) is 16.8 Å². The molecule has 0 saturated heterocycles. The van der Waals surface area contributed by atoms with Gasteiger partial charge >= 0.3 is 0 Å². The molecule has 3 rings (SSSR count). The second-order valence-electron chi connectivity index (χ2n) is 4.94. The second-order valence-corrected chi connectivity index (χ2v) is 5.70. The van der Waals surface area contributed by atoms with E-state index in [-0.39, 0.29) is 0 Å². The fraction of sp³-hybridized carbons (Fsp3) is 0.357. The van der Waals surface area contributed by atoms with Crippen molar-refractivity contribution in [1.82, 2.24) is 19.7 Å². The van der Waals surface area contributed by atoms with Crippen LogP contribution in [0.3, 0.4) is 0 Å². The van der Waals surface area contributed by atoms with Crippen molar-refractivity contribution < 1.29 is 0 Å². The van der Waals surface area contributed by atoms with Gasteiger partial charge in [0.15, 0.2) is 0 Å². The Kier molecular flexibility index (Phi) is 3.11. The monoisotopic (exact) mass is 320 g/mol. The van der Waals surface area contributed by atoms with Crippen LogP contribution in [-0.4, -0.2) is 28.0 Å². The molecular formula is C14H17BrN4. The van der Waals surface area contributed by atoms with Crippen molar-refractivity contribution in [3.05, 3.63) is 33.6 Å². The zero-order valence-corrected chi connectivity index (χ0v) is 12.9. The first-order valence-electron chi connectivity index (χ1n) is 6.42. The Hall–Kier alpha value is -1.33. The van der Waals surface area contributed by atoms with Crippen LogP contribution in [-0.2, 0) is 6.42 Å². The lowest BCUT2D eigenvalue weighted by Crippen LogP contribution is -2.10. The van der Waals surface area contributed by atoms with Gasteiger partial charge in [-0.25, -0.2) is 4.98 Å². The average Bonchev–Trinajstić information content (AvgIpc) is 2.85. The molecule has 5 heteroatoms. The van der Waals surface area contributed by atoms with Crippen LogP contribution in [0, 0.1) is 13.8 Å². The molecule has 0 aliphatic rings. The lowest BCUT2D eigenvalue weighted by Gasteiger charge is -2.01. The third-order valence-electron chi connectivity index (χ3n) is 3.60. The molecule has 0 spiro atoms. The van der Waals surface area contributed by atoms with Gasteiger partial charge in [-0.15, -0.1) is 0 Å². The highest BCUT2D eigenvalue weighted by atomic mass is 79.9. The summed E-state index contributed by atoms with van der Waals surface area (Å²) in [6, 6.07) is 4.34. The Balaban J connectivity index is 2.23. The fourth-order valence-electron chi connectivity index (χ4n) is 2.35. The number of halogens is 1. The number of imidazole rings is 2. The van der Waals surface area contributed by atoms with E-state index >= 15 is 0 Å². The van der Waals surface area contributed by atoms with E-state index in [9.17, 15) is 0 Å². The molecule has 0 atom stereocenters. The molecule has 0 aliphatic heterocycles. The van der Waals surface area contributed by atoms with Gasteiger partial charge in [-0.3, -0.25) is 4.40 Å². The van der Waals surface area contributed by atoms with Gasteiger partial charge in [0, 0.05) is 13.0 Å². The maximum Gasteiger partial charge on any atom is 0.213 e. The van der Waals surface area contributed by atoms with Gasteiger partial charge in [-0.2, -0.15) is 0 Å². The summed E-state index contributed by atoms with van der Waals surface area (Å²) in [7, 11) is 1.96. The third-order valence-corrected chi connectivity index (χ3v) is 4.44. The molecule has 0 aliphatic carbocycles. The van der Waals surface area contributed by atoms with Crippen molar-refractivity contribution in [1.29, 1.82) is 0 Å². The van der Waals surface area contributed by atoms with E-state index in [4.69, 9.17) is 0 Å². The number of fused-ring (bicyclic) bond motifs is 3. The summed E-state index contributed by atoms with van der Waals surface area (Å²) in [4.78, 5) is 8.06. The molecule has 3 aromatic rings. The zero-order valence-electron chi connectivity index (χ0n) is 11.3. The highest BCUT2D eigenvalue weighted by molar-refractivity contribution is 9.10. The number of benzene rings is 1. The van der Waals surface area contributed by atoms with Gasteiger partial charge in [-0.05, 0) is 60.1 Å². The predicted octanol–water partition coefficient (Wildman–Crippen LogP) is 2.96. The highest BCUT2D eigenvalue weighted by Crippen LogP contribution is 2.26. The fourth-order valence-corrected chi connectivity index (χ4v) is 3.01. The number of rotatable bonds is 3. The van der Waals surface area contributed by atoms with Crippen LogP contribution in [0.5, 0.6) is 0 Å². The molecule has 2 N–H and O–H groups in total. The molecule has 0 unspecified atom stereocenters. The minimum absolute atomic E-state index is 0.901. The second kappa shape index (κ2) is 4.65. The molecule has 100 valence electrons. The first-order valence-corrected chi connectivity index (χ1v) is 7.21. The van der Waals surface area contributed by atoms with Gasteiger partial charge in [0.1, 0.15) is 4.60 Å². The smallest absolute Gasteiger partial charge is 0.213 e. The maximum atomic E-state index is 4.66. The number of H-pyrrole nitrogens is 1. The summed E-state index contributed by atoms with van der Waals surface area (Å²) in [6.07, 6.45) is 0.951. The summed E-state index contributed by atoms with van der Waals surface area (Å²) in [5.41, 5.74) is 5.93. The van der Waals surface area contributed by atoms with Crippen LogP contribution < -0.4 is 5.32 Å². The van der Waals surface area contributed by atoms with Crippen molar-refractivity contribution in [2.45, 2.75) is 20.3 Å². The molecule has 19 heavy (non-hydrogen) atoms. The quantitative estimate of drug-likeness (QED) is 0.779. The van der Waals surface area contributed by atoms with Crippen molar-refractivity contribution >= 4 is 32.7 Å². The number of aromatic amines is 1. The minimum Gasteiger partial charge on any atom is -0.326 e. The van der Waals surface area contributed by atoms with Gasteiger partial charge in [-0.1, -0.05) is 0 Å². The summed E-state index contributed by atoms with van der Waals surface area (Å²) >= 11 is 3.69. The van der Waals surface area contributed by atoms with Gasteiger partial charge in [0.2, 0.25) is 5.78 Å². The lowest BCUT2D eigenvalue weighted by atomic mass is 10.1. The molecule has 0 bridgehead atoms. The Bertz CT molecular complexity index is 754. The zero-order chi connectivity index (χ0) is 13.6. The molecule has 0 radical (unpaired) electrons. The number of nitrogens with one attached hydrogen (secondary N) is 2. The summed E-state index contributed by atoms with van der Waals surface area (Å²) < 4.78 is 3.22. The Morgan fingerprint density at radius 1 is 1.32 bits per heavy atom. The molecule has 0 fully saturated rings. The third kappa shape index (κ3) is 1.97. The topological polar surface area (TPSA) is 45.1 Å². The van der Waals surface area contributed by atoms with Crippen LogP contribution in [0.2, 0.25) is 0 Å². The molecule has 0 saturated carbocycles. The first-order chi connectivity index (χ1) is 9.11. The van der Waals surface area contributed by atoms with E-state index in [2.05, 4.69) is 61.6 Å².